The molecule has 1 aromatic carbocycles. The molecule has 2 aromatic rings. The summed E-state index contributed by atoms with van der Waals surface area (Å²) in [5.74, 6) is 0.753. The highest BCUT2D eigenvalue weighted by Gasteiger charge is 2.21. The molecule has 122 valence electrons. The molecule has 1 aliphatic heterocycles. The predicted molar refractivity (Wildman–Crippen MR) is 94.6 cm³/mol. The van der Waals surface area contributed by atoms with Crippen molar-refractivity contribution in [3.63, 3.8) is 0 Å². The lowest BCUT2D eigenvalue weighted by Gasteiger charge is -2.33. The van der Waals surface area contributed by atoms with E-state index in [1.807, 2.05) is 19.2 Å². The van der Waals surface area contributed by atoms with Gasteiger partial charge in [-0.15, -0.1) is 0 Å². The van der Waals surface area contributed by atoms with Gasteiger partial charge in [-0.1, -0.05) is 23.8 Å². The van der Waals surface area contributed by atoms with Gasteiger partial charge < -0.3 is 5.32 Å². The van der Waals surface area contributed by atoms with Crippen molar-refractivity contribution in [2.45, 2.75) is 46.2 Å². The summed E-state index contributed by atoms with van der Waals surface area (Å²) in [7, 11) is 0. The lowest BCUT2D eigenvalue weighted by molar-refractivity contribution is 0.208. The van der Waals surface area contributed by atoms with Crippen LogP contribution in [-0.4, -0.2) is 34.0 Å². The molecule has 23 heavy (non-hydrogen) atoms. The minimum absolute atomic E-state index is 0.427. The Morgan fingerprint density at radius 1 is 1.22 bits per heavy atom. The van der Waals surface area contributed by atoms with Crippen molar-refractivity contribution in [3.8, 4) is 0 Å². The van der Waals surface area contributed by atoms with E-state index in [0.29, 0.717) is 6.04 Å². The smallest absolute Gasteiger partial charge is 0.223 e. The summed E-state index contributed by atoms with van der Waals surface area (Å²) in [4.78, 5) is 11.3. The molecule has 1 saturated heterocycles. The zero-order chi connectivity index (χ0) is 16.2. The van der Waals surface area contributed by atoms with Gasteiger partial charge in [0, 0.05) is 31.0 Å². The number of aromatic nitrogens is 2. The van der Waals surface area contributed by atoms with Gasteiger partial charge in [-0.05, 0) is 57.4 Å². The van der Waals surface area contributed by atoms with E-state index in [0.717, 1.165) is 24.7 Å². The van der Waals surface area contributed by atoms with Crippen LogP contribution in [0.25, 0.3) is 0 Å². The second-order valence-electron chi connectivity index (χ2n) is 6.67. The molecule has 1 N–H and O–H groups in total. The largest absolute Gasteiger partial charge is 0.350 e. The van der Waals surface area contributed by atoms with Crippen LogP contribution in [0.3, 0.4) is 0 Å². The van der Waals surface area contributed by atoms with Gasteiger partial charge in [0.25, 0.3) is 0 Å². The molecule has 0 bridgehead atoms. The van der Waals surface area contributed by atoms with Gasteiger partial charge in [0.2, 0.25) is 5.95 Å². The molecule has 0 amide bonds. The summed E-state index contributed by atoms with van der Waals surface area (Å²) in [5, 5.41) is 3.50. The second kappa shape index (κ2) is 7.09. The average molecular weight is 310 g/mol. The van der Waals surface area contributed by atoms with Crippen molar-refractivity contribution < 1.29 is 0 Å². The van der Waals surface area contributed by atoms with Crippen molar-refractivity contribution in [1.82, 2.24) is 14.9 Å². The van der Waals surface area contributed by atoms with Crippen LogP contribution in [0.5, 0.6) is 0 Å². The van der Waals surface area contributed by atoms with Gasteiger partial charge in [0.1, 0.15) is 0 Å². The molecule has 4 nitrogen and oxygen atoms in total. The first-order valence-electron chi connectivity index (χ1n) is 8.45. The molecule has 0 saturated carbocycles. The maximum Gasteiger partial charge on any atom is 0.223 e. The quantitative estimate of drug-likeness (QED) is 0.938. The van der Waals surface area contributed by atoms with Crippen molar-refractivity contribution in [2.75, 3.05) is 18.4 Å². The molecular formula is C19H26N4. The number of nitrogens with zero attached hydrogens (tertiary/aromatic N) is 3. The van der Waals surface area contributed by atoms with Crippen LogP contribution in [0, 0.1) is 20.8 Å². The molecule has 1 unspecified atom stereocenters. The van der Waals surface area contributed by atoms with Crippen molar-refractivity contribution in [1.29, 1.82) is 0 Å². The Kier molecular flexibility index (Phi) is 4.91. The van der Waals surface area contributed by atoms with E-state index in [1.54, 1.807) is 0 Å². The second-order valence-corrected chi connectivity index (χ2v) is 6.67. The Hall–Kier alpha value is -1.94. The monoisotopic (exact) mass is 310 g/mol. The van der Waals surface area contributed by atoms with Crippen LogP contribution >= 0.6 is 0 Å². The fourth-order valence-electron chi connectivity index (χ4n) is 3.23. The molecular weight excluding hydrogens is 284 g/mol. The van der Waals surface area contributed by atoms with E-state index in [1.165, 1.54) is 36.1 Å². The van der Waals surface area contributed by atoms with E-state index >= 15 is 0 Å². The van der Waals surface area contributed by atoms with Gasteiger partial charge in [0.15, 0.2) is 0 Å². The van der Waals surface area contributed by atoms with Crippen LogP contribution in [0.2, 0.25) is 0 Å². The third-order valence-corrected chi connectivity index (χ3v) is 4.53. The first kappa shape index (κ1) is 15.9. The molecule has 1 fully saturated rings. The summed E-state index contributed by atoms with van der Waals surface area (Å²) in [6.45, 7) is 9.61. The molecule has 4 heteroatoms. The van der Waals surface area contributed by atoms with Gasteiger partial charge in [-0.3, -0.25) is 4.90 Å². The third kappa shape index (κ3) is 4.29. The molecule has 1 aliphatic rings. The fraction of sp³-hybridized carbons (Fsp3) is 0.474. The van der Waals surface area contributed by atoms with Crippen LogP contribution in [0.1, 0.15) is 35.2 Å². The highest BCUT2D eigenvalue weighted by atomic mass is 15.2. The molecule has 3 rings (SSSR count). The van der Waals surface area contributed by atoms with E-state index in [-0.39, 0.29) is 0 Å². The minimum atomic E-state index is 0.427. The van der Waals surface area contributed by atoms with E-state index in [4.69, 9.17) is 0 Å². The summed E-state index contributed by atoms with van der Waals surface area (Å²) in [6.07, 6.45) is 4.22. The lowest BCUT2D eigenvalue weighted by atomic mass is 10.0. The number of anilines is 1. The summed E-state index contributed by atoms with van der Waals surface area (Å²) in [5.41, 5.74) is 5.17. The number of rotatable bonds is 4. The number of nitrogens with one attached hydrogen (secondary N) is 1. The molecule has 0 aliphatic carbocycles. The van der Waals surface area contributed by atoms with E-state index in [9.17, 15) is 0 Å². The Balaban J connectivity index is 1.63. The van der Waals surface area contributed by atoms with Crippen LogP contribution in [0.15, 0.2) is 30.5 Å². The molecule has 1 atom stereocenters. The highest BCUT2D eigenvalue weighted by Crippen LogP contribution is 2.19. The molecule has 0 spiro atoms. The van der Waals surface area contributed by atoms with Gasteiger partial charge in [-0.25, -0.2) is 9.97 Å². The standard InChI is InChI=1S/C19H26N4/c1-14-6-7-15(2)17(11-14)12-23-10-4-5-18(13-23)22-19-20-9-8-16(3)21-19/h6-9,11,18H,4-5,10,12-13H2,1-3H3,(H,20,21,22). The third-order valence-electron chi connectivity index (χ3n) is 4.53. The number of likely N-dealkylation sites (tertiary alicyclic amines) is 1. The van der Waals surface area contributed by atoms with Crippen LogP contribution in [0.4, 0.5) is 5.95 Å². The first-order valence-corrected chi connectivity index (χ1v) is 8.45. The number of aryl methyl sites for hydroxylation is 3. The number of piperidine rings is 1. The first-order chi connectivity index (χ1) is 11.1. The number of benzene rings is 1. The number of hydrogen-bond donors (Lipinski definition) is 1. The van der Waals surface area contributed by atoms with Crippen molar-refractivity contribution in [3.05, 3.63) is 52.8 Å². The predicted octanol–water partition coefficient (Wildman–Crippen LogP) is 3.48. The molecule has 0 radical (unpaired) electrons. The van der Waals surface area contributed by atoms with Crippen molar-refractivity contribution >= 4 is 5.95 Å². The van der Waals surface area contributed by atoms with Gasteiger partial charge in [-0.2, -0.15) is 0 Å². The maximum atomic E-state index is 4.46. The Labute approximate surface area is 139 Å². The fourth-order valence-corrected chi connectivity index (χ4v) is 3.23. The summed E-state index contributed by atoms with van der Waals surface area (Å²) in [6, 6.07) is 9.09. The average Bonchev–Trinajstić information content (AvgIpc) is 2.51. The zero-order valence-electron chi connectivity index (χ0n) is 14.3. The lowest BCUT2D eigenvalue weighted by Crippen LogP contribution is -2.42. The Morgan fingerprint density at radius 3 is 2.91 bits per heavy atom. The number of hydrogen-bond acceptors (Lipinski definition) is 4. The summed E-state index contributed by atoms with van der Waals surface area (Å²) >= 11 is 0. The normalized spacial score (nSPS) is 18.8. The van der Waals surface area contributed by atoms with Gasteiger partial charge in [0.05, 0.1) is 0 Å². The molecule has 1 aromatic heterocycles. The zero-order valence-corrected chi connectivity index (χ0v) is 14.3. The minimum Gasteiger partial charge on any atom is -0.350 e. The topological polar surface area (TPSA) is 41.0 Å². The van der Waals surface area contributed by atoms with Gasteiger partial charge >= 0.3 is 0 Å². The Morgan fingerprint density at radius 2 is 2.09 bits per heavy atom. The summed E-state index contributed by atoms with van der Waals surface area (Å²) < 4.78 is 0. The molecule has 2 heterocycles. The van der Waals surface area contributed by atoms with Crippen molar-refractivity contribution in [2.24, 2.45) is 0 Å². The Bertz CT molecular complexity index is 668. The maximum absolute atomic E-state index is 4.46. The van der Waals surface area contributed by atoms with E-state index < -0.39 is 0 Å². The highest BCUT2D eigenvalue weighted by molar-refractivity contribution is 5.31. The van der Waals surface area contributed by atoms with Crippen LogP contribution in [-0.2, 0) is 6.54 Å². The van der Waals surface area contributed by atoms with Crippen LogP contribution < -0.4 is 5.32 Å². The SMILES string of the molecule is Cc1ccc(C)c(CN2CCCC(Nc3nccc(C)n3)C2)c1. The van der Waals surface area contributed by atoms with E-state index in [2.05, 4.69) is 52.2 Å².